The second kappa shape index (κ2) is 7.04. The van der Waals surface area contributed by atoms with Gasteiger partial charge in [-0.05, 0) is 38.3 Å². The Kier molecular flexibility index (Phi) is 5.37. The number of urea groups is 1. The lowest BCUT2D eigenvalue weighted by Crippen LogP contribution is -2.46. The van der Waals surface area contributed by atoms with Crippen molar-refractivity contribution in [1.82, 2.24) is 20.9 Å². The maximum Gasteiger partial charge on any atom is 0.321 e. The van der Waals surface area contributed by atoms with E-state index in [0.29, 0.717) is 31.0 Å². The topological polar surface area (TPSA) is 73.5 Å². The van der Waals surface area contributed by atoms with Crippen LogP contribution in [0.1, 0.15) is 26.7 Å². The Bertz CT molecular complexity index is 361. The van der Waals surface area contributed by atoms with E-state index < -0.39 is 0 Å². The third-order valence-corrected chi connectivity index (χ3v) is 4.47. The number of nitrogens with zero attached hydrogens (tertiary/aromatic N) is 1. The smallest absolute Gasteiger partial charge is 0.321 e. The normalized spacial score (nSPS) is 29.2. The van der Waals surface area contributed by atoms with Crippen LogP contribution >= 0.6 is 0 Å². The summed E-state index contributed by atoms with van der Waals surface area (Å²) >= 11 is 0. The van der Waals surface area contributed by atoms with Gasteiger partial charge in [-0.2, -0.15) is 0 Å². The molecule has 114 valence electrons. The Labute approximate surface area is 120 Å². The first-order chi connectivity index (χ1) is 9.61. The number of hydrogen-bond acceptors (Lipinski definition) is 4. The molecule has 0 aromatic rings. The first kappa shape index (κ1) is 15.3. The number of carbonyl (C=O) groups is 2. The van der Waals surface area contributed by atoms with Crippen LogP contribution in [0.25, 0.3) is 0 Å². The van der Waals surface area contributed by atoms with E-state index in [0.717, 1.165) is 32.5 Å². The van der Waals surface area contributed by atoms with Gasteiger partial charge in [0.15, 0.2) is 0 Å². The molecule has 2 rings (SSSR count). The number of nitrogens with one attached hydrogen (secondary N) is 3. The fraction of sp³-hybridized carbons (Fsp3) is 0.857. The fourth-order valence-electron chi connectivity index (χ4n) is 3.24. The second-order valence-electron chi connectivity index (χ2n) is 5.91. The van der Waals surface area contributed by atoms with Crippen LogP contribution in [0.4, 0.5) is 4.79 Å². The highest BCUT2D eigenvalue weighted by molar-refractivity contribution is 5.95. The second-order valence-corrected chi connectivity index (χ2v) is 5.91. The minimum absolute atomic E-state index is 0.209. The predicted molar refractivity (Wildman–Crippen MR) is 77.3 cm³/mol. The molecule has 0 radical (unpaired) electrons. The highest BCUT2D eigenvalue weighted by Gasteiger charge is 2.42. The minimum Gasteiger partial charge on any atom is -0.338 e. The summed E-state index contributed by atoms with van der Waals surface area (Å²) in [6.45, 7) is 8.20. The zero-order valence-electron chi connectivity index (χ0n) is 12.4. The molecule has 2 heterocycles. The van der Waals surface area contributed by atoms with E-state index in [1.165, 1.54) is 0 Å². The third kappa shape index (κ3) is 3.70. The molecule has 6 nitrogen and oxygen atoms in total. The number of hydrogen-bond donors (Lipinski definition) is 3. The molecule has 0 spiro atoms. The van der Waals surface area contributed by atoms with Crippen molar-refractivity contribution in [3.63, 3.8) is 0 Å². The van der Waals surface area contributed by atoms with Gasteiger partial charge < -0.3 is 10.6 Å². The van der Waals surface area contributed by atoms with Crippen molar-refractivity contribution in [3.05, 3.63) is 0 Å². The SMILES string of the molecule is CCCCNC(=O)NC(=O)CN1CC2CNCC2C1C. The molecule has 2 aliphatic heterocycles. The van der Waals surface area contributed by atoms with Gasteiger partial charge in [-0.3, -0.25) is 15.0 Å². The molecule has 2 fully saturated rings. The molecular weight excluding hydrogens is 256 g/mol. The van der Waals surface area contributed by atoms with Gasteiger partial charge >= 0.3 is 6.03 Å². The Hall–Kier alpha value is -1.14. The summed E-state index contributed by atoms with van der Waals surface area (Å²) < 4.78 is 0. The van der Waals surface area contributed by atoms with Crippen molar-refractivity contribution in [2.45, 2.75) is 32.7 Å². The van der Waals surface area contributed by atoms with Gasteiger partial charge in [-0.15, -0.1) is 0 Å². The van der Waals surface area contributed by atoms with Gasteiger partial charge in [0.1, 0.15) is 0 Å². The highest BCUT2D eigenvalue weighted by Crippen LogP contribution is 2.31. The zero-order chi connectivity index (χ0) is 14.5. The molecule has 3 amide bonds. The van der Waals surface area contributed by atoms with Crippen LogP contribution in [0, 0.1) is 11.8 Å². The molecule has 0 aromatic carbocycles. The van der Waals surface area contributed by atoms with Crippen molar-refractivity contribution in [1.29, 1.82) is 0 Å². The minimum atomic E-state index is -0.378. The monoisotopic (exact) mass is 282 g/mol. The van der Waals surface area contributed by atoms with Crippen LogP contribution in [0.3, 0.4) is 0 Å². The molecule has 20 heavy (non-hydrogen) atoms. The Morgan fingerprint density at radius 3 is 2.85 bits per heavy atom. The number of fused-ring (bicyclic) bond motifs is 1. The molecule has 6 heteroatoms. The van der Waals surface area contributed by atoms with Gasteiger partial charge in [0.05, 0.1) is 6.54 Å². The summed E-state index contributed by atoms with van der Waals surface area (Å²) in [5.41, 5.74) is 0. The summed E-state index contributed by atoms with van der Waals surface area (Å²) in [6, 6.07) is 0.0288. The van der Waals surface area contributed by atoms with Gasteiger partial charge in [0, 0.05) is 19.1 Å². The molecule has 0 aliphatic carbocycles. The van der Waals surface area contributed by atoms with Crippen LogP contribution < -0.4 is 16.0 Å². The first-order valence-corrected chi connectivity index (χ1v) is 7.64. The van der Waals surface area contributed by atoms with Crippen LogP contribution in [-0.2, 0) is 4.79 Å². The van der Waals surface area contributed by atoms with Gasteiger partial charge in [0.2, 0.25) is 5.91 Å². The highest BCUT2D eigenvalue weighted by atomic mass is 16.2. The number of carbonyl (C=O) groups excluding carboxylic acids is 2. The van der Waals surface area contributed by atoms with Gasteiger partial charge in [-0.25, -0.2) is 4.79 Å². The van der Waals surface area contributed by atoms with Gasteiger partial charge in [0.25, 0.3) is 0 Å². The van der Waals surface area contributed by atoms with E-state index in [9.17, 15) is 9.59 Å². The molecular formula is C14H26N4O2. The quantitative estimate of drug-likeness (QED) is 0.628. The molecule has 2 saturated heterocycles. The Morgan fingerprint density at radius 2 is 2.15 bits per heavy atom. The lowest BCUT2D eigenvalue weighted by molar-refractivity contribution is -0.121. The van der Waals surface area contributed by atoms with E-state index in [4.69, 9.17) is 0 Å². The average molecular weight is 282 g/mol. The third-order valence-electron chi connectivity index (χ3n) is 4.47. The first-order valence-electron chi connectivity index (χ1n) is 7.64. The number of amides is 3. The fourth-order valence-corrected chi connectivity index (χ4v) is 3.24. The lowest BCUT2D eigenvalue weighted by Gasteiger charge is -2.23. The Balaban J connectivity index is 1.71. The van der Waals surface area contributed by atoms with Crippen molar-refractivity contribution in [3.8, 4) is 0 Å². The largest absolute Gasteiger partial charge is 0.338 e. The van der Waals surface area contributed by atoms with Crippen molar-refractivity contribution < 1.29 is 9.59 Å². The molecule has 0 bridgehead atoms. The Morgan fingerprint density at radius 1 is 1.35 bits per heavy atom. The summed E-state index contributed by atoms with van der Waals surface area (Å²) in [5.74, 6) is 1.08. The number of imide groups is 1. The number of likely N-dealkylation sites (tertiary alicyclic amines) is 1. The molecule has 3 atom stereocenters. The number of unbranched alkanes of at least 4 members (excludes halogenated alkanes) is 1. The van der Waals surface area contributed by atoms with Crippen molar-refractivity contribution in [2.24, 2.45) is 11.8 Å². The molecule has 3 N–H and O–H groups in total. The van der Waals surface area contributed by atoms with Crippen LogP contribution in [0.15, 0.2) is 0 Å². The lowest BCUT2D eigenvalue weighted by atomic mass is 9.95. The molecule has 0 saturated carbocycles. The molecule has 0 aromatic heterocycles. The van der Waals surface area contributed by atoms with E-state index >= 15 is 0 Å². The molecule has 2 aliphatic rings. The maximum atomic E-state index is 11.9. The standard InChI is InChI=1S/C14H26N4O2/c1-3-4-5-16-14(20)17-13(19)9-18-8-11-6-15-7-12(11)10(18)2/h10-12,15H,3-9H2,1-2H3,(H2,16,17,19,20). The van der Waals surface area contributed by atoms with E-state index in [2.05, 4.69) is 34.7 Å². The average Bonchev–Trinajstić information content (AvgIpc) is 2.94. The van der Waals surface area contributed by atoms with Crippen LogP contribution in [0.2, 0.25) is 0 Å². The van der Waals surface area contributed by atoms with Crippen LogP contribution in [0.5, 0.6) is 0 Å². The summed E-state index contributed by atoms with van der Waals surface area (Å²) in [7, 11) is 0. The predicted octanol–water partition coefficient (Wildman–Crippen LogP) is 0.152. The summed E-state index contributed by atoms with van der Waals surface area (Å²) in [6.07, 6.45) is 1.96. The zero-order valence-corrected chi connectivity index (χ0v) is 12.4. The van der Waals surface area contributed by atoms with E-state index in [1.54, 1.807) is 0 Å². The molecule has 3 unspecified atom stereocenters. The summed E-state index contributed by atoms with van der Waals surface area (Å²) in [4.78, 5) is 25.6. The van der Waals surface area contributed by atoms with Crippen molar-refractivity contribution >= 4 is 11.9 Å². The van der Waals surface area contributed by atoms with E-state index in [1.807, 2.05) is 0 Å². The van der Waals surface area contributed by atoms with E-state index in [-0.39, 0.29) is 11.9 Å². The summed E-state index contributed by atoms with van der Waals surface area (Å²) in [5, 5.41) is 8.49. The van der Waals surface area contributed by atoms with Gasteiger partial charge in [-0.1, -0.05) is 13.3 Å². The number of rotatable bonds is 5. The maximum absolute atomic E-state index is 11.9. The van der Waals surface area contributed by atoms with Crippen LogP contribution in [-0.4, -0.2) is 55.6 Å². The van der Waals surface area contributed by atoms with Crippen molar-refractivity contribution in [2.75, 3.05) is 32.7 Å².